The average Bonchev–Trinajstić information content (AvgIpc) is 2.71. The van der Waals surface area contributed by atoms with Gasteiger partial charge in [-0.15, -0.1) is 0 Å². The Kier molecular flexibility index (Phi) is 6.82. The smallest absolute Gasteiger partial charge is 0.321 e. The first-order chi connectivity index (χ1) is 13.2. The summed E-state index contributed by atoms with van der Waals surface area (Å²) in [6.07, 6.45) is 8.29. The highest BCUT2D eigenvalue weighted by Gasteiger charge is 2.21. The number of nitrogens with one attached hydrogen (secondary N) is 1. The molecule has 0 bridgehead atoms. The Morgan fingerprint density at radius 2 is 1.96 bits per heavy atom. The van der Waals surface area contributed by atoms with Crippen molar-refractivity contribution in [3.05, 3.63) is 59.9 Å². The molecule has 3 rings (SSSR count). The molecule has 27 heavy (non-hydrogen) atoms. The van der Waals surface area contributed by atoms with Crippen molar-refractivity contribution in [1.29, 1.82) is 0 Å². The molecule has 0 aliphatic carbocycles. The topological polar surface area (TPSA) is 48.5 Å². The number of benzene rings is 1. The number of rotatable bonds is 6. The van der Waals surface area contributed by atoms with E-state index < -0.39 is 0 Å². The van der Waals surface area contributed by atoms with Crippen LogP contribution in [0.5, 0.6) is 0 Å². The summed E-state index contributed by atoms with van der Waals surface area (Å²) >= 11 is 0. The van der Waals surface area contributed by atoms with Crippen LogP contribution in [-0.2, 0) is 6.54 Å². The number of hydrogen-bond acceptors (Lipinski definition) is 3. The van der Waals surface area contributed by atoms with E-state index in [4.69, 9.17) is 0 Å². The molecule has 1 aromatic carbocycles. The van der Waals surface area contributed by atoms with E-state index in [0.29, 0.717) is 0 Å². The van der Waals surface area contributed by atoms with Gasteiger partial charge in [-0.05, 0) is 55.6 Å². The lowest BCUT2D eigenvalue weighted by molar-refractivity contribution is 0.202. The van der Waals surface area contributed by atoms with Crippen LogP contribution in [0.15, 0.2) is 48.8 Å². The van der Waals surface area contributed by atoms with Crippen LogP contribution in [0.3, 0.4) is 0 Å². The first-order valence-electron chi connectivity index (χ1n) is 9.93. The zero-order chi connectivity index (χ0) is 19.1. The third kappa shape index (κ3) is 5.07. The van der Waals surface area contributed by atoms with Gasteiger partial charge >= 0.3 is 6.03 Å². The fourth-order valence-corrected chi connectivity index (χ4v) is 3.79. The third-order valence-corrected chi connectivity index (χ3v) is 5.35. The van der Waals surface area contributed by atoms with Crippen molar-refractivity contribution in [2.24, 2.45) is 0 Å². The minimum atomic E-state index is -0.0863. The van der Waals surface area contributed by atoms with E-state index in [1.165, 1.54) is 24.8 Å². The van der Waals surface area contributed by atoms with Crippen LogP contribution >= 0.6 is 0 Å². The first kappa shape index (κ1) is 19.4. The molecule has 1 aliphatic rings. The number of nitrogens with zero attached hydrogens (tertiary/aromatic N) is 3. The molecule has 0 unspecified atom stereocenters. The molecule has 2 aromatic rings. The van der Waals surface area contributed by atoms with Crippen molar-refractivity contribution in [2.45, 2.75) is 45.2 Å². The minimum absolute atomic E-state index is 0.00737. The number of likely N-dealkylation sites (tertiary alicyclic amines) is 1. The second-order valence-corrected chi connectivity index (χ2v) is 7.25. The predicted octanol–water partition coefficient (Wildman–Crippen LogP) is 4.68. The number of carbonyl (C=O) groups is 1. The number of carbonyl (C=O) groups excluding carboxylic acids is 1. The number of anilines is 1. The zero-order valence-electron chi connectivity index (χ0n) is 16.4. The molecule has 1 aromatic heterocycles. The van der Waals surface area contributed by atoms with Crippen LogP contribution in [-0.4, -0.2) is 41.0 Å². The zero-order valence-corrected chi connectivity index (χ0v) is 16.4. The maximum atomic E-state index is 12.9. The molecule has 5 heteroatoms. The van der Waals surface area contributed by atoms with Gasteiger partial charge in [0.05, 0.1) is 6.04 Å². The molecule has 5 nitrogen and oxygen atoms in total. The molecule has 1 fully saturated rings. The number of urea groups is 1. The van der Waals surface area contributed by atoms with Gasteiger partial charge in [-0.2, -0.15) is 0 Å². The van der Waals surface area contributed by atoms with Crippen molar-refractivity contribution < 1.29 is 4.79 Å². The fraction of sp³-hybridized carbons (Fsp3) is 0.455. The first-order valence-corrected chi connectivity index (χ1v) is 9.93. The molecule has 0 saturated carbocycles. The van der Waals surface area contributed by atoms with E-state index in [0.717, 1.165) is 37.3 Å². The van der Waals surface area contributed by atoms with Crippen LogP contribution in [0.25, 0.3) is 0 Å². The summed E-state index contributed by atoms with van der Waals surface area (Å²) in [5, 5.41) is 3.12. The van der Waals surface area contributed by atoms with Gasteiger partial charge in [0.1, 0.15) is 0 Å². The second-order valence-electron chi connectivity index (χ2n) is 7.25. The van der Waals surface area contributed by atoms with Crippen LogP contribution in [0.1, 0.15) is 49.8 Å². The number of pyridine rings is 1. The Balaban J connectivity index is 1.69. The highest BCUT2D eigenvalue weighted by molar-refractivity contribution is 5.90. The summed E-state index contributed by atoms with van der Waals surface area (Å²) in [6, 6.07) is 12.0. The highest BCUT2D eigenvalue weighted by atomic mass is 16.2. The fourth-order valence-electron chi connectivity index (χ4n) is 3.79. The number of hydrogen-bond donors (Lipinski definition) is 1. The van der Waals surface area contributed by atoms with E-state index in [1.54, 1.807) is 11.1 Å². The molecular formula is C22H30N4O. The summed E-state index contributed by atoms with van der Waals surface area (Å²) in [5.74, 6) is 0. The van der Waals surface area contributed by atoms with Gasteiger partial charge in [0.25, 0.3) is 0 Å². The molecule has 0 spiro atoms. The van der Waals surface area contributed by atoms with Gasteiger partial charge in [-0.3, -0.25) is 9.88 Å². The van der Waals surface area contributed by atoms with Crippen molar-refractivity contribution in [3.8, 4) is 0 Å². The Bertz CT molecular complexity index is 728. The predicted molar refractivity (Wildman–Crippen MR) is 110 cm³/mol. The highest BCUT2D eigenvalue weighted by Crippen LogP contribution is 2.24. The summed E-state index contributed by atoms with van der Waals surface area (Å²) in [4.78, 5) is 21.4. The molecular weight excluding hydrogens is 336 g/mol. The van der Waals surface area contributed by atoms with Crippen molar-refractivity contribution in [1.82, 2.24) is 14.8 Å². The van der Waals surface area contributed by atoms with Crippen LogP contribution in [0, 0.1) is 0 Å². The molecule has 144 valence electrons. The Hall–Kier alpha value is -2.40. The lowest BCUT2D eigenvalue weighted by Crippen LogP contribution is -2.35. The number of aromatic nitrogens is 1. The van der Waals surface area contributed by atoms with Crippen molar-refractivity contribution >= 4 is 11.7 Å². The summed E-state index contributed by atoms with van der Waals surface area (Å²) in [5.41, 5.74) is 3.13. The summed E-state index contributed by atoms with van der Waals surface area (Å²) in [7, 11) is 1.85. The SMILES string of the molecule is CC[C@H](c1cccnc1)N(C)C(=O)Nc1ccccc1CN1CCCCC1. The van der Waals surface area contributed by atoms with Gasteiger partial charge in [0, 0.05) is 31.7 Å². The van der Waals surface area contributed by atoms with Crippen LogP contribution in [0.2, 0.25) is 0 Å². The van der Waals surface area contributed by atoms with E-state index in [1.807, 2.05) is 43.6 Å². The minimum Gasteiger partial charge on any atom is -0.321 e. The van der Waals surface area contributed by atoms with E-state index >= 15 is 0 Å². The Morgan fingerprint density at radius 3 is 2.67 bits per heavy atom. The average molecular weight is 367 g/mol. The number of amides is 2. The van der Waals surface area contributed by atoms with Crippen LogP contribution in [0.4, 0.5) is 10.5 Å². The van der Waals surface area contributed by atoms with Gasteiger partial charge in [0.15, 0.2) is 0 Å². The quantitative estimate of drug-likeness (QED) is 0.807. The van der Waals surface area contributed by atoms with Gasteiger partial charge in [0.2, 0.25) is 0 Å². The largest absolute Gasteiger partial charge is 0.322 e. The number of para-hydroxylation sites is 1. The standard InChI is InChI=1S/C22H30N4O/c1-3-21(18-11-9-13-23-16-18)25(2)22(27)24-20-12-6-5-10-19(20)17-26-14-7-4-8-15-26/h5-6,9-13,16,21H,3-4,7-8,14-15,17H2,1-2H3,(H,24,27)/t21-/m1/s1. The maximum Gasteiger partial charge on any atom is 0.322 e. The molecule has 0 radical (unpaired) electrons. The third-order valence-electron chi connectivity index (χ3n) is 5.35. The molecule has 1 aliphatic heterocycles. The van der Waals surface area contributed by atoms with E-state index in [9.17, 15) is 4.79 Å². The van der Waals surface area contributed by atoms with Gasteiger partial charge in [-0.25, -0.2) is 4.79 Å². The lowest BCUT2D eigenvalue weighted by atomic mass is 10.1. The maximum absolute atomic E-state index is 12.9. The number of piperidine rings is 1. The normalized spacial score (nSPS) is 15.9. The van der Waals surface area contributed by atoms with Gasteiger partial charge < -0.3 is 10.2 Å². The molecule has 2 amide bonds. The summed E-state index contributed by atoms with van der Waals surface area (Å²) in [6.45, 7) is 5.26. The lowest BCUT2D eigenvalue weighted by Gasteiger charge is -2.29. The van der Waals surface area contributed by atoms with Crippen LogP contribution < -0.4 is 5.32 Å². The van der Waals surface area contributed by atoms with E-state index in [2.05, 4.69) is 28.2 Å². The van der Waals surface area contributed by atoms with E-state index in [-0.39, 0.29) is 12.1 Å². The Labute approximate surface area is 162 Å². The van der Waals surface area contributed by atoms with Crippen molar-refractivity contribution in [3.63, 3.8) is 0 Å². The summed E-state index contributed by atoms with van der Waals surface area (Å²) < 4.78 is 0. The molecule has 1 saturated heterocycles. The second kappa shape index (κ2) is 9.51. The Morgan fingerprint density at radius 1 is 1.19 bits per heavy atom. The molecule has 1 atom stereocenters. The monoisotopic (exact) mass is 366 g/mol. The van der Waals surface area contributed by atoms with Crippen molar-refractivity contribution in [2.75, 3.05) is 25.5 Å². The molecule has 1 N–H and O–H groups in total. The molecule has 2 heterocycles. The van der Waals surface area contributed by atoms with Gasteiger partial charge in [-0.1, -0.05) is 37.6 Å².